The molecule has 0 heterocycles. The molecule has 0 aliphatic carbocycles. The minimum atomic E-state index is -0.449. The van der Waals surface area contributed by atoms with Crippen molar-refractivity contribution < 1.29 is 9.13 Å². The lowest BCUT2D eigenvalue weighted by Crippen LogP contribution is -1.96. The Morgan fingerprint density at radius 2 is 2.05 bits per heavy atom. The number of halogens is 2. The smallest absolute Gasteiger partial charge is 0.142 e. The average Bonchev–Trinajstić information content (AvgIpc) is 2.47. The maximum absolute atomic E-state index is 13.3. The molecule has 0 aliphatic heterocycles. The number of hydrogen-bond acceptors (Lipinski definition) is 2. The van der Waals surface area contributed by atoms with E-state index in [2.05, 4.69) is 11.8 Å². The van der Waals surface area contributed by atoms with E-state index < -0.39 is 5.82 Å². The van der Waals surface area contributed by atoms with Gasteiger partial charge in [-0.3, -0.25) is 0 Å². The minimum absolute atomic E-state index is 0.104. The Kier molecular flexibility index (Phi) is 5.00. The molecule has 2 nitrogen and oxygen atoms in total. The Bertz CT molecular complexity index is 661. The number of nitrogens with two attached hydrogens (primary N) is 1. The molecular formula is C16H13ClFNO. The number of ether oxygens (including phenoxy) is 1. The SMILES string of the molecule is NCC#Cc1cccc(OCc2ccc(Cl)c(F)c2)c1. The van der Waals surface area contributed by atoms with Gasteiger partial charge in [-0.1, -0.05) is 35.6 Å². The number of hydrogen-bond donors (Lipinski definition) is 1. The molecule has 0 spiro atoms. The summed E-state index contributed by atoms with van der Waals surface area (Å²) in [6, 6.07) is 12.0. The van der Waals surface area contributed by atoms with Crippen LogP contribution in [0.3, 0.4) is 0 Å². The van der Waals surface area contributed by atoms with Crippen LogP contribution in [-0.2, 0) is 6.61 Å². The Labute approximate surface area is 122 Å². The van der Waals surface area contributed by atoms with Crippen molar-refractivity contribution in [1.82, 2.24) is 0 Å². The van der Waals surface area contributed by atoms with Crippen molar-refractivity contribution in [3.05, 3.63) is 64.4 Å². The Hall–Kier alpha value is -2.02. The molecule has 0 aromatic heterocycles. The summed E-state index contributed by atoms with van der Waals surface area (Å²) in [6.45, 7) is 0.580. The number of rotatable bonds is 3. The van der Waals surface area contributed by atoms with Crippen LogP contribution in [0, 0.1) is 17.7 Å². The third-order valence-electron chi connectivity index (χ3n) is 2.56. The third kappa shape index (κ3) is 3.99. The summed E-state index contributed by atoms with van der Waals surface area (Å²) in [5.74, 6) is 5.93. The van der Waals surface area contributed by atoms with E-state index in [1.807, 2.05) is 24.3 Å². The Morgan fingerprint density at radius 3 is 2.80 bits per heavy atom. The van der Waals surface area contributed by atoms with Crippen LogP contribution in [0.15, 0.2) is 42.5 Å². The second-order valence-electron chi connectivity index (χ2n) is 4.07. The van der Waals surface area contributed by atoms with Gasteiger partial charge in [-0.05, 0) is 35.9 Å². The first-order chi connectivity index (χ1) is 9.69. The molecule has 4 heteroatoms. The molecule has 20 heavy (non-hydrogen) atoms. The summed E-state index contributed by atoms with van der Waals surface area (Å²) >= 11 is 5.63. The van der Waals surface area contributed by atoms with E-state index >= 15 is 0 Å². The van der Waals surface area contributed by atoms with E-state index in [0.717, 1.165) is 5.56 Å². The van der Waals surface area contributed by atoms with Gasteiger partial charge in [0.05, 0.1) is 11.6 Å². The second-order valence-corrected chi connectivity index (χ2v) is 4.48. The van der Waals surface area contributed by atoms with Gasteiger partial charge in [-0.2, -0.15) is 0 Å². The molecule has 2 aromatic carbocycles. The Balaban J connectivity index is 2.05. The summed E-state index contributed by atoms with van der Waals surface area (Å²) in [6.07, 6.45) is 0. The Morgan fingerprint density at radius 1 is 1.20 bits per heavy atom. The molecule has 2 aromatic rings. The zero-order valence-electron chi connectivity index (χ0n) is 10.7. The summed E-state index contributed by atoms with van der Waals surface area (Å²) in [4.78, 5) is 0. The van der Waals surface area contributed by atoms with Crippen LogP contribution < -0.4 is 10.5 Å². The molecule has 0 fully saturated rings. The van der Waals surface area contributed by atoms with E-state index in [1.165, 1.54) is 12.1 Å². The van der Waals surface area contributed by atoms with Crippen molar-refractivity contribution in [3.8, 4) is 17.6 Å². The highest BCUT2D eigenvalue weighted by atomic mass is 35.5. The van der Waals surface area contributed by atoms with Crippen LogP contribution in [0.4, 0.5) is 4.39 Å². The summed E-state index contributed by atoms with van der Waals surface area (Å²) < 4.78 is 18.9. The summed E-state index contributed by atoms with van der Waals surface area (Å²) in [5, 5.41) is 0.104. The number of benzene rings is 2. The lowest BCUT2D eigenvalue weighted by atomic mass is 10.2. The fraction of sp³-hybridized carbons (Fsp3) is 0.125. The predicted octanol–water partition coefficient (Wildman–Crippen LogP) is 3.37. The van der Waals surface area contributed by atoms with Crippen molar-refractivity contribution in [3.63, 3.8) is 0 Å². The van der Waals surface area contributed by atoms with Crippen molar-refractivity contribution in [2.24, 2.45) is 5.73 Å². The van der Waals surface area contributed by atoms with E-state index in [0.29, 0.717) is 17.9 Å². The first-order valence-corrected chi connectivity index (χ1v) is 6.42. The van der Waals surface area contributed by atoms with Gasteiger partial charge in [0, 0.05) is 5.56 Å². The molecular weight excluding hydrogens is 277 g/mol. The highest BCUT2D eigenvalue weighted by Gasteiger charge is 2.02. The standard InChI is InChI=1S/C16H13ClFNO/c17-15-7-6-13(10-16(15)18)11-20-14-5-1-3-12(9-14)4-2-8-19/h1,3,5-7,9-10H,8,11,19H2. The van der Waals surface area contributed by atoms with Crippen molar-refractivity contribution >= 4 is 11.6 Å². The molecule has 0 atom stereocenters. The first kappa shape index (κ1) is 14.4. The van der Waals surface area contributed by atoms with Crippen molar-refractivity contribution in [2.45, 2.75) is 6.61 Å². The van der Waals surface area contributed by atoms with Crippen LogP contribution >= 0.6 is 11.6 Å². The molecule has 0 unspecified atom stereocenters. The van der Waals surface area contributed by atoms with Gasteiger partial charge in [-0.15, -0.1) is 0 Å². The largest absolute Gasteiger partial charge is 0.489 e. The van der Waals surface area contributed by atoms with Crippen molar-refractivity contribution in [1.29, 1.82) is 0 Å². The molecule has 0 saturated heterocycles. The zero-order chi connectivity index (χ0) is 14.4. The lowest BCUT2D eigenvalue weighted by molar-refractivity contribution is 0.305. The van der Waals surface area contributed by atoms with Crippen LogP contribution in [0.2, 0.25) is 5.02 Å². The van der Waals surface area contributed by atoms with Crippen molar-refractivity contribution in [2.75, 3.05) is 6.54 Å². The second kappa shape index (κ2) is 6.95. The van der Waals surface area contributed by atoms with E-state index in [9.17, 15) is 4.39 Å². The zero-order valence-corrected chi connectivity index (χ0v) is 11.5. The fourth-order valence-electron chi connectivity index (χ4n) is 1.61. The molecule has 0 saturated carbocycles. The highest BCUT2D eigenvalue weighted by Crippen LogP contribution is 2.18. The van der Waals surface area contributed by atoms with Crippen LogP contribution in [0.1, 0.15) is 11.1 Å². The van der Waals surface area contributed by atoms with Crippen LogP contribution in [-0.4, -0.2) is 6.54 Å². The van der Waals surface area contributed by atoms with Gasteiger partial charge < -0.3 is 10.5 Å². The van der Waals surface area contributed by atoms with Gasteiger partial charge >= 0.3 is 0 Å². The molecule has 102 valence electrons. The lowest BCUT2D eigenvalue weighted by Gasteiger charge is -2.07. The maximum atomic E-state index is 13.3. The van der Waals surface area contributed by atoms with E-state index in [-0.39, 0.29) is 11.6 Å². The average molecular weight is 290 g/mol. The van der Waals surface area contributed by atoms with E-state index in [4.69, 9.17) is 22.1 Å². The van der Waals surface area contributed by atoms with Crippen LogP contribution in [0.25, 0.3) is 0 Å². The van der Waals surface area contributed by atoms with Crippen LogP contribution in [0.5, 0.6) is 5.75 Å². The normalized spacial score (nSPS) is 9.75. The first-order valence-electron chi connectivity index (χ1n) is 6.05. The molecule has 0 bridgehead atoms. The fourth-order valence-corrected chi connectivity index (χ4v) is 1.73. The topological polar surface area (TPSA) is 35.2 Å². The molecule has 2 N–H and O–H groups in total. The van der Waals surface area contributed by atoms with Gasteiger partial charge in [0.2, 0.25) is 0 Å². The predicted molar refractivity (Wildman–Crippen MR) is 78.1 cm³/mol. The molecule has 0 radical (unpaired) electrons. The highest BCUT2D eigenvalue weighted by molar-refractivity contribution is 6.30. The van der Waals surface area contributed by atoms with Gasteiger partial charge in [0.25, 0.3) is 0 Å². The third-order valence-corrected chi connectivity index (χ3v) is 2.86. The molecule has 2 rings (SSSR count). The summed E-state index contributed by atoms with van der Waals surface area (Å²) in [5.41, 5.74) is 6.87. The monoisotopic (exact) mass is 289 g/mol. The summed E-state index contributed by atoms with van der Waals surface area (Å²) in [7, 11) is 0. The quantitative estimate of drug-likeness (QED) is 0.879. The van der Waals surface area contributed by atoms with Gasteiger partial charge in [0.15, 0.2) is 0 Å². The van der Waals surface area contributed by atoms with E-state index in [1.54, 1.807) is 6.07 Å². The maximum Gasteiger partial charge on any atom is 0.142 e. The molecule has 0 aliphatic rings. The molecule has 0 amide bonds. The van der Waals surface area contributed by atoms with Gasteiger partial charge in [-0.25, -0.2) is 4.39 Å². The van der Waals surface area contributed by atoms with Gasteiger partial charge in [0.1, 0.15) is 18.2 Å². The minimum Gasteiger partial charge on any atom is -0.489 e.